The van der Waals surface area contributed by atoms with Crippen LogP contribution in [0.25, 0.3) is 11.4 Å². The standard InChI is InChI=1S/C13H16FN3O2/c1-3-7(2)11(15)13-16-12(17-19-13)8-4-5-10(18)9(14)6-8/h4-7,11,18H,3,15H2,1-2H3. The molecule has 0 fully saturated rings. The Bertz CT molecular complexity index is 571. The molecule has 19 heavy (non-hydrogen) atoms. The summed E-state index contributed by atoms with van der Waals surface area (Å²) in [5.74, 6) is -0.339. The number of hydrogen-bond donors (Lipinski definition) is 2. The van der Waals surface area contributed by atoms with Gasteiger partial charge in [-0.3, -0.25) is 0 Å². The van der Waals surface area contributed by atoms with Gasteiger partial charge in [-0.2, -0.15) is 4.98 Å². The molecule has 0 amide bonds. The molecular weight excluding hydrogens is 249 g/mol. The van der Waals surface area contributed by atoms with Gasteiger partial charge in [-0.1, -0.05) is 25.4 Å². The first-order valence-electron chi connectivity index (χ1n) is 6.11. The van der Waals surface area contributed by atoms with E-state index in [0.29, 0.717) is 11.5 Å². The Balaban J connectivity index is 2.27. The van der Waals surface area contributed by atoms with Crippen LogP contribution in [0, 0.1) is 11.7 Å². The van der Waals surface area contributed by atoms with Crippen molar-refractivity contribution in [1.82, 2.24) is 10.1 Å². The molecule has 2 aromatic rings. The Morgan fingerprint density at radius 1 is 1.47 bits per heavy atom. The van der Waals surface area contributed by atoms with E-state index in [9.17, 15) is 4.39 Å². The Labute approximate surface area is 110 Å². The Morgan fingerprint density at radius 2 is 2.21 bits per heavy atom. The van der Waals surface area contributed by atoms with E-state index in [2.05, 4.69) is 10.1 Å². The average Bonchev–Trinajstić information content (AvgIpc) is 2.89. The highest BCUT2D eigenvalue weighted by Gasteiger charge is 2.20. The predicted octanol–water partition coefficient (Wildman–Crippen LogP) is 2.63. The zero-order chi connectivity index (χ0) is 14.0. The van der Waals surface area contributed by atoms with E-state index in [1.54, 1.807) is 0 Å². The second-order valence-electron chi connectivity index (χ2n) is 4.53. The van der Waals surface area contributed by atoms with Crippen LogP contribution in [0.2, 0.25) is 0 Å². The lowest BCUT2D eigenvalue weighted by molar-refractivity contribution is 0.312. The van der Waals surface area contributed by atoms with E-state index in [0.717, 1.165) is 12.5 Å². The molecule has 1 aromatic carbocycles. The van der Waals surface area contributed by atoms with Crippen LogP contribution in [0.15, 0.2) is 22.7 Å². The van der Waals surface area contributed by atoms with Gasteiger partial charge in [0.1, 0.15) is 0 Å². The normalized spacial score (nSPS) is 14.3. The van der Waals surface area contributed by atoms with E-state index in [4.69, 9.17) is 15.4 Å². The molecule has 5 nitrogen and oxygen atoms in total. The molecule has 0 spiro atoms. The number of aromatic nitrogens is 2. The smallest absolute Gasteiger partial charge is 0.244 e. The highest BCUT2D eigenvalue weighted by molar-refractivity contribution is 5.55. The summed E-state index contributed by atoms with van der Waals surface area (Å²) in [6.07, 6.45) is 0.896. The quantitative estimate of drug-likeness (QED) is 0.887. The number of nitrogens with two attached hydrogens (primary N) is 1. The summed E-state index contributed by atoms with van der Waals surface area (Å²) < 4.78 is 18.4. The summed E-state index contributed by atoms with van der Waals surface area (Å²) in [4.78, 5) is 4.17. The predicted molar refractivity (Wildman–Crippen MR) is 67.7 cm³/mol. The summed E-state index contributed by atoms with van der Waals surface area (Å²) in [6.45, 7) is 4.02. The third-order valence-corrected chi connectivity index (χ3v) is 3.19. The van der Waals surface area contributed by atoms with Crippen molar-refractivity contribution in [3.63, 3.8) is 0 Å². The number of phenolic OH excluding ortho intramolecular Hbond substituents is 1. The van der Waals surface area contributed by atoms with E-state index in [-0.39, 0.29) is 17.8 Å². The fraction of sp³-hybridized carbons (Fsp3) is 0.385. The molecule has 0 aliphatic rings. The van der Waals surface area contributed by atoms with Crippen molar-refractivity contribution in [2.75, 3.05) is 0 Å². The molecule has 1 heterocycles. The number of phenols is 1. The molecule has 2 rings (SSSR count). The number of benzene rings is 1. The van der Waals surface area contributed by atoms with Crippen LogP contribution in [0.3, 0.4) is 0 Å². The number of hydrogen-bond acceptors (Lipinski definition) is 5. The fourth-order valence-electron chi connectivity index (χ4n) is 1.63. The topological polar surface area (TPSA) is 85.2 Å². The first-order valence-corrected chi connectivity index (χ1v) is 6.11. The molecule has 2 atom stereocenters. The van der Waals surface area contributed by atoms with Crippen molar-refractivity contribution in [2.45, 2.75) is 26.3 Å². The Morgan fingerprint density at radius 3 is 2.84 bits per heavy atom. The summed E-state index contributed by atoms with van der Waals surface area (Å²) in [7, 11) is 0. The van der Waals surface area contributed by atoms with Crippen molar-refractivity contribution in [3.8, 4) is 17.1 Å². The lowest BCUT2D eigenvalue weighted by Gasteiger charge is -2.12. The summed E-state index contributed by atoms with van der Waals surface area (Å²) >= 11 is 0. The first kappa shape index (κ1) is 13.5. The van der Waals surface area contributed by atoms with Gasteiger partial charge < -0.3 is 15.4 Å². The molecule has 2 unspecified atom stereocenters. The summed E-state index contributed by atoms with van der Waals surface area (Å²) in [6, 6.07) is 3.57. The molecular formula is C13H16FN3O2. The molecule has 0 aliphatic carbocycles. The number of nitrogens with zero attached hydrogens (tertiary/aromatic N) is 2. The van der Waals surface area contributed by atoms with Crippen molar-refractivity contribution < 1.29 is 14.0 Å². The second kappa shape index (κ2) is 5.36. The Hall–Kier alpha value is -1.95. The van der Waals surface area contributed by atoms with Gasteiger partial charge in [0.2, 0.25) is 11.7 Å². The average molecular weight is 265 g/mol. The highest BCUT2D eigenvalue weighted by atomic mass is 19.1. The maximum Gasteiger partial charge on any atom is 0.244 e. The molecule has 0 saturated carbocycles. The minimum atomic E-state index is -0.727. The van der Waals surface area contributed by atoms with Crippen LogP contribution in [0.4, 0.5) is 4.39 Å². The molecule has 102 valence electrons. The Kier molecular flexibility index (Phi) is 3.80. The maximum atomic E-state index is 13.3. The van der Waals surface area contributed by atoms with Gasteiger partial charge in [-0.25, -0.2) is 4.39 Å². The minimum Gasteiger partial charge on any atom is -0.505 e. The molecule has 1 aromatic heterocycles. The van der Waals surface area contributed by atoms with E-state index in [1.807, 2.05) is 13.8 Å². The zero-order valence-electron chi connectivity index (χ0n) is 10.8. The lowest BCUT2D eigenvalue weighted by atomic mass is 10.0. The monoisotopic (exact) mass is 265 g/mol. The third-order valence-electron chi connectivity index (χ3n) is 3.19. The van der Waals surface area contributed by atoms with Crippen LogP contribution in [-0.4, -0.2) is 15.2 Å². The van der Waals surface area contributed by atoms with Gasteiger partial charge in [0.05, 0.1) is 6.04 Å². The van der Waals surface area contributed by atoms with Crippen LogP contribution >= 0.6 is 0 Å². The number of aromatic hydroxyl groups is 1. The van der Waals surface area contributed by atoms with Crippen molar-refractivity contribution >= 4 is 0 Å². The SMILES string of the molecule is CCC(C)C(N)c1nc(-c2ccc(O)c(F)c2)no1. The molecule has 6 heteroatoms. The number of halogens is 1. The van der Waals surface area contributed by atoms with Crippen molar-refractivity contribution in [2.24, 2.45) is 11.7 Å². The van der Waals surface area contributed by atoms with Crippen LogP contribution in [0.1, 0.15) is 32.2 Å². The zero-order valence-corrected chi connectivity index (χ0v) is 10.8. The highest BCUT2D eigenvalue weighted by Crippen LogP contribution is 2.25. The first-order chi connectivity index (χ1) is 9.02. The van der Waals surface area contributed by atoms with Gasteiger partial charge in [-0.05, 0) is 24.1 Å². The molecule has 0 saturated heterocycles. The van der Waals surface area contributed by atoms with Gasteiger partial charge in [0, 0.05) is 5.56 Å². The van der Waals surface area contributed by atoms with Gasteiger partial charge in [0.15, 0.2) is 11.6 Å². The van der Waals surface area contributed by atoms with Crippen LogP contribution < -0.4 is 5.73 Å². The molecule has 3 N–H and O–H groups in total. The number of rotatable bonds is 4. The van der Waals surface area contributed by atoms with Crippen LogP contribution in [-0.2, 0) is 0 Å². The van der Waals surface area contributed by atoms with Gasteiger partial charge in [-0.15, -0.1) is 0 Å². The minimum absolute atomic E-state index is 0.213. The molecule has 0 radical (unpaired) electrons. The maximum absolute atomic E-state index is 13.3. The van der Waals surface area contributed by atoms with E-state index >= 15 is 0 Å². The second-order valence-corrected chi connectivity index (χ2v) is 4.53. The summed E-state index contributed by atoms with van der Waals surface area (Å²) in [5.41, 5.74) is 6.42. The van der Waals surface area contributed by atoms with E-state index in [1.165, 1.54) is 12.1 Å². The lowest BCUT2D eigenvalue weighted by Crippen LogP contribution is -2.18. The third kappa shape index (κ3) is 2.73. The molecule has 0 aliphatic heterocycles. The van der Waals surface area contributed by atoms with E-state index < -0.39 is 11.6 Å². The van der Waals surface area contributed by atoms with Gasteiger partial charge in [0.25, 0.3) is 0 Å². The van der Waals surface area contributed by atoms with Gasteiger partial charge >= 0.3 is 0 Å². The molecule has 0 bridgehead atoms. The largest absolute Gasteiger partial charge is 0.505 e. The van der Waals surface area contributed by atoms with Crippen molar-refractivity contribution in [3.05, 3.63) is 29.9 Å². The van der Waals surface area contributed by atoms with Crippen LogP contribution in [0.5, 0.6) is 5.75 Å². The fourth-order valence-corrected chi connectivity index (χ4v) is 1.63. The van der Waals surface area contributed by atoms with Crippen molar-refractivity contribution in [1.29, 1.82) is 0 Å². The summed E-state index contributed by atoms with van der Waals surface area (Å²) in [5, 5.41) is 12.9.